The molecule has 0 amide bonds. The lowest BCUT2D eigenvalue weighted by Gasteiger charge is -2.25. The molecule has 3 N–H and O–H groups in total. The van der Waals surface area contributed by atoms with Gasteiger partial charge in [-0.05, 0) is 26.0 Å². The predicted octanol–water partition coefficient (Wildman–Crippen LogP) is 3.18. The first-order valence-corrected chi connectivity index (χ1v) is 7.87. The Kier molecular flexibility index (Phi) is 4.37. The zero-order valence-corrected chi connectivity index (χ0v) is 14.0. The maximum atomic E-state index is 11.8. The van der Waals surface area contributed by atoms with Gasteiger partial charge in [-0.25, -0.2) is 9.78 Å². The third-order valence-corrected chi connectivity index (χ3v) is 3.97. The average Bonchev–Trinajstić information content (AvgIpc) is 2.62. The number of fused-ring (bicyclic) bond motifs is 1. The van der Waals surface area contributed by atoms with Gasteiger partial charge in [-0.3, -0.25) is 4.98 Å². The number of hydrogen-bond donors (Lipinski definition) is 3. The van der Waals surface area contributed by atoms with E-state index in [0.29, 0.717) is 22.2 Å². The van der Waals surface area contributed by atoms with Crippen LogP contribution in [0.5, 0.6) is 0 Å². The maximum absolute atomic E-state index is 11.8. The number of aliphatic hydroxyl groups excluding tert-OH is 1. The third-order valence-electron chi connectivity index (χ3n) is 3.97. The van der Waals surface area contributed by atoms with Crippen molar-refractivity contribution in [1.82, 2.24) is 9.97 Å². The summed E-state index contributed by atoms with van der Waals surface area (Å²) >= 11 is 0. The molecule has 0 unspecified atom stereocenters. The number of nitrogens with zero attached hydrogens (tertiary/aromatic N) is 2. The van der Waals surface area contributed by atoms with Gasteiger partial charge in [0.25, 0.3) is 0 Å². The number of benzene rings is 1. The minimum atomic E-state index is -1.01. The number of aliphatic hydroxyl groups is 1. The molecular weight excluding hydrogens is 318 g/mol. The molecule has 0 atom stereocenters. The van der Waals surface area contributed by atoms with Crippen molar-refractivity contribution in [3.63, 3.8) is 0 Å². The molecule has 0 spiro atoms. The molecule has 0 aliphatic heterocycles. The topological polar surface area (TPSA) is 95.3 Å². The molecule has 0 aliphatic rings. The van der Waals surface area contributed by atoms with Crippen LogP contribution >= 0.6 is 0 Å². The fourth-order valence-electron chi connectivity index (χ4n) is 2.68. The summed E-state index contributed by atoms with van der Waals surface area (Å²) in [5.41, 5.74) is 1.10. The van der Waals surface area contributed by atoms with Crippen molar-refractivity contribution in [1.29, 1.82) is 0 Å². The van der Waals surface area contributed by atoms with Crippen LogP contribution in [0.2, 0.25) is 0 Å². The lowest BCUT2D eigenvalue weighted by molar-refractivity contribution is 0.0699. The van der Waals surface area contributed by atoms with E-state index >= 15 is 0 Å². The standard InChI is InChI=1S/C19H19N3O3/c1-19(2,11-23)22-17-13-6-3-7-14(18(24)25)16(13)15(10-21-17)12-5-4-8-20-9-12/h3-10,23H,11H2,1-2H3,(H,21,22)(H,24,25). The Morgan fingerprint density at radius 2 is 2.00 bits per heavy atom. The lowest BCUT2D eigenvalue weighted by Crippen LogP contribution is -2.35. The van der Waals surface area contributed by atoms with Gasteiger partial charge in [0.1, 0.15) is 5.82 Å². The lowest BCUT2D eigenvalue weighted by atomic mass is 9.96. The zero-order valence-electron chi connectivity index (χ0n) is 14.0. The molecule has 0 radical (unpaired) electrons. The average molecular weight is 337 g/mol. The highest BCUT2D eigenvalue weighted by molar-refractivity contribution is 6.12. The summed E-state index contributed by atoms with van der Waals surface area (Å²) in [5.74, 6) is -0.473. The van der Waals surface area contributed by atoms with Crippen LogP contribution in [0.15, 0.2) is 48.9 Å². The molecule has 0 bridgehead atoms. The second-order valence-electron chi connectivity index (χ2n) is 6.46. The van der Waals surface area contributed by atoms with Gasteiger partial charge in [-0.2, -0.15) is 0 Å². The van der Waals surface area contributed by atoms with Crippen LogP contribution in [0.1, 0.15) is 24.2 Å². The molecule has 25 heavy (non-hydrogen) atoms. The number of aromatic nitrogens is 2. The second-order valence-corrected chi connectivity index (χ2v) is 6.46. The van der Waals surface area contributed by atoms with Gasteiger partial charge in [0.05, 0.1) is 17.7 Å². The van der Waals surface area contributed by atoms with Crippen molar-refractivity contribution in [2.75, 3.05) is 11.9 Å². The van der Waals surface area contributed by atoms with Crippen molar-refractivity contribution in [2.24, 2.45) is 0 Å². The Labute approximate surface area is 145 Å². The minimum Gasteiger partial charge on any atom is -0.478 e. The molecule has 2 aromatic heterocycles. The number of carboxylic acid groups (broad SMARTS) is 1. The van der Waals surface area contributed by atoms with Crippen LogP contribution in [-0.2, 0) is 0 Å². The molecule has 1 aromatic carbocycles. The number of aromatic carboxylic acids is 1. The molecule has 6 nitrogen and oxygen atoms in total. The van der Waals surface area contributed by atoms with Crippen LogP contribution in [-0.4, -0.2) is 38.3 Å². The first-order chi connectivity index (χ1) is 11.9. The number of rotatable bonds is 5. The van der Waals surface area contributed by atoms with E-state index in [0.717, 1.165) is 5.56 Å². The molecule has 2 heterocycles. The molecule has 0 saturated heterocycles. The van der Waals surface area contributed by atoms with Gasteiger partial charge >= 0.3 is 5.97 Å². The molecule has 3 aromatic rings. The van der Waals surface area contributed by atoms with Crippen molar-refractivity contribution >= 4 is 22.6 Å². The molecule has 128 valence electrons. The summed E-state index contributed by atoms with van der Waals surface area (Å²) in [4.78, 5) is 20.3. The molecule has 0 fully saturated rings. The quantitative estimate of drug-likeness (QED) is 0.662. The number of hydrogen-bond acceptors (Lipinski definition) is 5. The fourth-order valence-corrected chi connectivity index (χ4v) is 2.68. The highest BCUT2D eigenvalue weighted by Crippen LogP contribution is 2.34. The van der Waals surface area contributed by atoms with Gasteiger partial charge in [-0.15, -0.1) is 0 Å². The van der Waals surface area contributed by atoms with E-state index in [1.165, 1.54) is 0 Å². The van der Waals surface area contributed by atoms with E-state index in [1.807, 2.05) is 26.0 Å². The van der Waals surface area contributed by atoms with Crippen LogP contribution in [0.3, 0.4) is 0 Å². The molecule has 3 rings (SSSR count). The monoisotopic (exact) mass is 337 g/mol. The zero-order chi connectivity index (χ0) is 18.0. The smallest absolute Gasteiger partial charge is 0.336 e. The summed E-state index contributed by atoms with van der Waals surface area (Å²) < 4.78 is 0. The SMILES string of the molecule is CC(C)(CO)Nc1ncc(-c2cccnc2)c2c(C(=O)O)cccc12. The third kappa shape index (κ3) is 3.29. The first kappa shape index (κ1) is 16.9. The Morgan fingerprint density at radius 1 is 1.20 bits per heavy atom. The van der Waals surface area contributed by atoms with E-state index in [1.54, 1.807) is 36.8 Å². The molecule has 6 heteroatoms. The Hall–Kier alpha value is -2.99. The Morgan fingerprint density at radius 3 is 2.64 bits per heavy atom. The number of nitrogens with one attached hydrogen (secondary N) is 1. The summed E-state index contributed by atoms with van der Waals surface area (Å²) in [6, 6.07) is 8.76. The number of carbonyl (C=O) groups is 1. The Bertz CT molecular complexity index is 924. The highest BCUT2D eigenvalue weighted by Gasteiger charge is 2.21. The first-order valence-electron chi connectivity index (χ1n) is 7.87. The molecule has 0 saturated carbocycles. The van der Waals surface area contributed by atoms with E-state index in [9.17, 15) is 15.0 Å². The Balaban J connectivity index is 2.31. The largest absolute Gasteiger partial charge is 0.478 e. The minimum absolute atomic E-state index is 0.0842. The van der Waals surface area contributed by atoms with Crippen LogP contribution in [0, 0.1) is 0 Å². The maximum Gasteiger partial charge on any atom is 0.336 e. The van der Waals surface area contributed by atoms with E-state index in [4.69, 9.17) is 0 Å². The van der Waals surface area contributed by atoms with Gasteiger partial charge in [0.2, 0.25) is 0 Å². The van der Waals surface area contributed by atoms with E-state index < -0.39 is 11.5 Å². The van der Waals surface area contributed by atoms with Gasteiger partial charge in [0.15, 0.2) is 0 Å². The summed E-state index contributed by atoms with van der Waals surface area (Å²) in [5, 5.41) is 23.6. The summed E-state index contributed by atoms with van der Waals surface area (Å²) in [6.07, 6.45) is 4.98. The van der Waals surface area contributed by atoms with Crippen LogP contribution in [0.25, 0.3) is 21.9 Å². The van der Waals surface area contributed by atoms with Crippen LogP contribution < -0.4 is 5.32 Å². The summed E-state index contributed by atoms with van der Waals surface area (Å²) in [7, 11) is 0. The van der Waals surface area contributed by atoms with Crippen molar-refractivity contribution in [2.45, 2.75) is 19.4 Å². The van der Waals surface area contributed by atoms with Crippen molar-refractivity contribution in [3.05, 3.63) is 54.5 Å². The number of carboxylic acids is 1. The fraction of sp³-hybridized carbons (Fsp3) is 0.211. The van der Waals surface area contributed by atoms with Gasteiger partial charge in [-0.1, -0.05) is 18.2 Å². The highest BCUT2D eigenvalue weighted by atomic mass is 16.4. The summed E-state index contributed by atoms with van der Waals surface area (Å²) in [6.45, 7) is 3.60. The van der Waals surface area contributed by atoms with Crippen molar-refractivity contribution in [3.8, 4) is 11.1 Å². The van der Waals surface area contributed by atoms with E-state index in [2.05, 4.69) is 15.3 Å². The predicted molar refractivity (Wildman–Crippen MR) is 96.7 cm³/mol. The molecular formula is C19H19N3O3. The van der Waals surface area contributed by atoms with Gasteiger partial charge < -0.3 is 15.5 Å². The van der Waals surface area contributed by atoms with Gasteiger partial charge in [0, 0.05) is 40.5 Å². The van der Waals surface area contributed by atoms with Crippen molar-refractivity contribution < 1.29 is 15.0 Å². The normalized spacial score (nSPS) is 11.5. The molecule has 0 aliphatic carbocycles. The second kappa shape index (κ2) is 6.49. The number of pyridine rings is 2. The van der Waals surface area contributed by atoms with E-state index in [-0.39, 0.29) is 12.2 Å². The number of anilines is 1. The van der Waals surface area contributed by atoms with Crippen LogP contribution in [0.4, 0.5) is 5.82 Å².